The van der Waals surface area contributed by atoms with Gasteiger partial charge >= 0.3 is 0 Å². The number of carbonyl (C=O) groups is 1. The molecule has 0 N–H and O–H groups in total. The topological polar surface area (TPSA) is 63.9 Å². The predicted octanol–water partition coefficient (Wildman–Crippen LogP) is 3.40. The van der Waals surface area contributed by atoms with E-state index in [-0.39, 0.29) is 11.3 Å². The van der Waals surface area contributed by atoms with Gasteiger partial charge in [0.1, 0.15) is 11.5 Å². The molecule has 0 saturated carbocycles. The first-order valence-electron chi connectivity index (χ1n) is 9.80. The maximum absolute atomic E-state index is 12.6. The Morgan fingerprint density at radius 2 is 2.04 bits per heavy atom. The van der Waals surface area contributed by atoms with Crippen LogP contribution in [0.25, 0.3) is 11.4 Å². The van der Waals surface area contributed by atoms with Crippen molar-refractivity contribution in [3.63, 3.8) is 0 Å². The largest absolute Gasteiger partial charge is 0.342 e. The Hall–Kier alpha value is -2.24. The van der Waals surface area contributed by atoms with Crippen LogP contribution in [0.2, 0.25) is 0 Å². The van der Waals surface area contributed by atoms with Gasteiger partial charge in [-0.1, -0.05) is 20.8 Å². The van der Waals surface area contributed by atoms with Gasteiger partial charge in [-0.3, -0.25) is 9.78 Å². The summed E-state index contributed by atoms with van der Waals surface area (Å²) >= 11 is 0. The lowest BCUT2D eigenvalue weighted by Gasteiger charge is -2.34. The summed E-state index contributed by atoms with van der Waals surface area (Å²) < 4.78 is 2.03. The summed E-state index contributed by atoms with van der Waals surface area (Å²) in [6, 6.07) is 0. The quantitative estimate of drug-likeness (QED) is 0.828. The van der Waals surface area contributed by atoms with Crippen LogP contribution in [0, 0.1) is 18.3 Å². The van der Waals surface area contributed by atoms with Crippen molar-refractivity contribution in [3.8, 4) is 11.4 Å². The van der Waals surface area contributed by atoms with Gasteiger partial charge in [-0.25, -0.2) is 9.97 Å². The van der Waals surface area contributed by atoms with Gasteiger partial charge in [0.2, 0.25) is 5.91 Å². The van der Waals surface area contributed by atoms with Crippen LogP contribution in [0.4, 0.5) is 0 Å². The summed E-state index contributed by atoms with van der Waals surface area (Å²) in [5, 5.41) is 0. The molecule has 146 valence electrons. The molecule has 1 amide bonds. The van der Waals surface area contributed by atoms with E-state index in [9.17, 15) is 4.79 Å². The molecule has 1 atom stereocenters. The summed E-state index contributed by atoms with van der Waals surface area (Å²) in [5.74, 6) is 1.68. The van der Waals surface area contributed by atoms with Crippen molar-refractivity contribution in [2.24, 2.45) is 18.4 Å². The molecule has 3 heterocycles. The van der Waals surface area contributed by atoms with Crippen LogP contribution in [0.1, 0.15) is 51.6 Å². The number of aryl methyl sites for hydroxylation is 1. The molecule has 0 bridgehead atoms. The summed E-state index contributed by atoms with van der Waals surface area (Å²) in [6.07, 6.45) is 9.15. The lowest BCUT2D eigenvalue weighted by molar-refractivity contribution is -0.134. The number of aromatic nitrogens is 4. The minimum Gasteiger partial charge on any atom is -0.342 e. The Kier molecular flexibility index (Phi) is 5.63. The third-order valence-electron chi connectivity index (χ3n) is 5.22. The molecular weight excluding hydrogens is 338 g/mol. The fraction of sp³-hybridized carbons (Fsp3) is 0.619. The lowest BCUT2D eigenvalue weighted by atomic mass is 9.89. The second-order valence-corrected chi connectivity index (χ2v) is 8.93. The number of rotatable bonds is 4. The molecule has 2 aromatic rings. The molecule has 0 spiro atoms. The van der Waals surface area contributed by atoms with Crippen LogP contribution in [0.15, 0.2) is 18.6 Å². The van der Waals surface area contributed by atoms with Crippen LogP contribution in [0.5, 0.6) is 0 Å². The maximum Gasteiger partial charge on any atom is 0.223 e. The SMILES string of the molecule is Cc1ncc(-c2cncc(CC3CCCN(C(=O)CC(C)(C)C)C3)n2)n1C. The highest BCUT2D eigenvalue weighted by Gasteiger charge is 2.27. The Balaban J connectivity index is 1.67. The molecule has 1 fully saturated rings. The van der Waals surface area contributed by atoms with E-state index < -0.39 is 0 Å². The number of amides is 1. The van der Waals surface area contributed by atoms with Crippen molar-refractivity contribution in [2.45, 2.75) is 53.4 Å². The molecule has 2 aromatic heterocycles. The van der Waals surface area contributed by atoms with Crippen LogP contribution in [0.3, 0.4) is 0 Å². The van der Waals surface area contributed by atoms with E-state index in [1.807, 2.05) is 35.8 Å². The number of piperidine rings is 1. The number of imidazole rings is 1. The van der Waals surface area contributed by atoms with Crippen LogP contribution < -0.4 is 0 Å². The number of carbonyl (C=O) groups excluding carboxylic acids is 1. The number of nitrogens with zero attached hydrogens (tertiary/aromatic N) is 5. The van der Waals surface area contributed by atoms with Crippen molar-refractivity contribution < 1.29 is 4.79 Å². The van der Waals surface area contributed by atoms with Crippen molar-refractivity contribution in [1.29, 1.82) is 0 Å². The van der Waals surface area contributed by atoms with Crippen molar-refractivity contribution in [3.05, 3.63) is 30.1 Å². The molecule has 27 heavy (non-hydrogen) atoms. The van der Waals surface area contributed by atoms with E-state index in [0.29, 0.717) is 12.3 Å². The summed E-state index contributed by atoms with van der Waals surface area (Å²) in [7, 11) is 1.99. The molecular formula is C21H31N5O. The average Bonchev–Trinajstić information content (AvgIpc) is 2.93. The molecule has 1 aliphatic rings. The summed E-state index contributed by atoms with van der Waals surface area (Å²) in [6.45, 7) is 10.0. The first-order valence-corrected chi connectivity index (χ1v) is 9.80. The Bertz CT molecular complexity index is 805. The third kappa shape index (κ3) is 4.93. The summed E-state index contributed by atoms with van der Waals surface area (Å²) in [5.41, 5.74) is 2.85. The van der Waals surface area contributed by atoms with Gasteiger partial charge in [0.05, 0.1) is 23.8 Å². The minimum absolute atomic E-state index is 0.0328. The lowest BCUT2D eigenvalue weighted by Crippen LogP contribution is -2.41. The van der Waals surface area contributed by atoms with E-state index >= 15 is 0 Å². The van der Waals surface area contributed by atoms with Gasteiger partial charge < -0.3 is 9.47 Å². The minimum atomic E-state index is 0.0328. The van der Waals surface area contributed by atoms with Gasteiger partial charge in [-0.2, -0.15) is 0 Å². The van der Waals surface area contributed by atoms with Gasteiger partial charge in [-0.15, -0.1) is 0 Å². The molecule has 0 aliphatic carbocycles. The standard InChI is InChI=1S/C21H31N5O/c1-15-23-13-19(25(15)5)18-12-22-11-17(24-18)9-16-7-6-8-26(14-16)20(27)10-21(2,3)4/h11-13,16H,6-10,14H2,1-5H3. The number of hydrogen-bond donors (Lipinski definition) is 0. The van der Waals surface area contributed by atoms with Gasteiger partial charge in [-0.05, 0) is 37.5 Å². The zero-order valence-corrected chi connectivity index (χ0v) is 17.2. The fourth-order valence-electron chi connectivity index (χ4n) is 3.69. The third-order valence-corrected chi connectivity index (χ3v) is 5.22. The molecule has 1 aliphatic heterocycles. The predicted molar refractivity (Wildman–Crippen MR) is 106 cm³/mol. The Morgan fingerprint density at radius 3 is 2.70 bits per heavy atom. The first-order chi connectivity index (χ1) is 12.7. The maximum atomic E-state index is 12.6. The molecule has 0 radical (unpaired) electrons. The molecule has 1 unspecified atom stereocenters. The number of likely N-dealkylation sites (tertiary alicyclic amines) is 1. The van der Waals surface area contributed by atoms with E-state index in [1.165, 1.54) is 0 Å². The smallest absolute Gasteiger partial charge is 0.223 e. The second-order valence-electron chi connectivity index (χ2n) is 8.93. The first kappa shape index (κ1) is 19.5. The zero-order valence-electron chi connectivity index (χ0n) is 17.2. The van der Waals surface area contributed by atoms with Crippen LogP contribution in [-0.2, 0) is 18.3 Å². The molecule has 0 aromatic carbocycles. The highest BCUT2D eigenvalue weighted by Crippen LogP contribution is 2.25. The van der Waals surface area contributed by atoms with Crippen molar-refractivity contribution >= 4 is 5.91 Å². The van der Waals surface area contributed by atoms with E-state index in [4.69, 9.17) is 4.98 Å². The zero-order chi connectivity index (χ0) is 19.6. The Labute approximate surface area is 162 Å². The highest BCUT2D eigenvalue weighted by atomic mass is 16.2. The number of hydrogen-bond acceptors (Lipinski definition) is 4. The van der Waals surface area contributed by atoms with Crippen LogP contribution >= 0.6 is 0 Å². The molecule has 1 saturated heterocycles. The molecule has 3 rings (SSSR count). The van der Waals surface area contributed by atoms with Gasteiger partial charge in [0.15, 0.2) is 0 Å². The highest BCUT2D eigenvalue weighted by molar-refractivity contribution is 5.76. The molecule has 6 heteroatoms. The van der Waals surface area contributed by atoms with Crippen molar-refractivity contribution in [1.82, 2.24) is 24.4 Å². The van der Waals surface area contributed by atoms with Crippen molar-refractivity contribution in [2.75, 3.05) is 13.1 Å². The van der Waals surface area contributed by atoms with E-state index in [0.717, 1.165) is 55.3 Å². The van der Waals surface area contributed by atoms with E-state index in [1.54, 1.807) is 6.20 Å². The average molecular weight is 370 g/mol. The second kappa shape index (κ2) is 7.79. The van der Waals surface area contributed by atoms with E-state index in [2.05, 4.69) is 30.7 Å². The van der Waals surface area contributed by atoms with Crippen LogP contribution in [-0.4, -0.2) is 43.4 Å². The van der Waals surface area contributed by atoms with Gasteiger partial charge in [0.25, 0.3) is 0 Å². The fourth-order valence-corrected chi connectivity index (χ4v) is 3.69. The molecule has 6 nitrogen and oxygen atoms in total. The Morgan fingerprint density at radius 1 is 1.26 bits per heavy atom. The summed E-state index contributed by atoms with van der Waals surface area (Å²) in [4.78, 5) is 28.2. The van der Waals surface area contributed by atoms with Gasteiger partial charge in [0, 0.05) is 32.8 Å². The normalized spacial score (nSPS) is 18.0. The monoisotopic (exact) mass is 369 g/mol.